The number of nitrogens with zero attached hydrogens (tertiary/aromatic N) is 2. The third kappa shape index (κ3) is 3.59. The average molecular weight is 266 g/mol. The summed E-state index contributed by atoms with van der Waals surface area (Å²) in [6, 6.07) is 12.9. The second-order valence-electron chi connectivity index (χ2n) is 4.04. The van der Waals surface area contributed by atoms with E-state index in [-0.39, 0.29) is 13.2 Å². The van der Waals surface area contributed by atoms with E-state index in [4.69, 9.17) is 11.2 Å². The van der Waals surface area contributed by atoms with Crippen LogP contribution in [0.2, 0.25) is 0 Å². The molecule has 1 aromatic heterocycles. The highest BCUT2D eigenvalue weighted by atomic mass is 16.6. The Morgan fingerprint density at radius 2 is 1.90 bits per heavy atom. The first-order valence-corrected chi connectivity index (χ1v) is 6.13. The predicted octanol–water partition coefficient (Wildman–Crippen LogP) is 2.86. The van der Waals surface area contributed by atoms with E-state index in [0.29, 0.717) is 5.69 Å². The van der Waals surface area contributed by atoms with Crippen LogP contribution in [0.25, 0.3) is 0 Å². The van der Waals surface area contributed by atoms with E-state index in [1.54, 1.807) is 24.5 Å². The number of carbonyl (C=O) groups excluding carboxylic acids is 1. The van der Waals surface area contributed by atoms with Gasteiger partial charge in [-0.2, -0.15) is 0 Å². The number of rotatable bonds is 4. The fraction of sp³-hybridized carbons (Fsp3) is 0.125. The Labute approximate surface area is 118 Å². The van der Waals surface area contributed by atoms with E-state index in [1.807, 2.05) is 30.3 Å². The summed E-state index contributed by atoms with van der Waals surface area (Å²) in [6.45, 7) is 0.365. The van der Waals surface area contributed by atoms with Crippen molar-refractivity contribution in [3.8, 4) is 12.3 Å². The second kappa shape index (κ2) is 6.95. The van der Waals surface area contributed by atoms with Crippen molar-refractivity contribution in [2.75, 3.05) is 11.4 Å². The maximum absolute atomic E-state index is 12.1. The number of pyridine rings is 1. The Bertz CT molecular complexity index is 591. The minimum atomic E-state index is -0.474. The van der Waals surface area contributed by atoms with Gasteiger partial charge in [-0.3, -0.25) is 9.88 Å². The number of hydrogen-bond donors (Lipinski definition) is 0. The van der Waals surface area contributed by atoms with Crippen molar-refractivity contribution in [2.24, 2.45) is 0 Å². The van der Waals surface area contributed by atoms with Crippen LogP contribution in [0.1, 0.15) is 5.56 Å². The first-order valence-electron chi connectivity index (χ1n) is 6.13. The first-order chi connectivity index (χ1) is 9.81. The molecule has 1 amide bonds. The summed E-state index contributed by atoms with van der Waals surface area (Å²) >= 11 is 0. The normalized spacial score (nSPS) is 9.55. The van der Waals surface area contributed by atoms with Crippen molar-refractivity contribution in [3.63, 3.8) is 0 Å². The molecular formula is C16H14N2O2. The molecule has 0 spiro atoms. The highest BCUT2D eigenvalue weighted by Crippen LogP contribution is 2.14. The van der Waals surface area contributed by atoms with Crippen molar-refractivity contribution in [1.29, 1.82) is 0 Å². The smallest absolute Gasteiger partial charge is 0.415 e. The Morgan fingerprint density at radius 3 is 2.55 bits per heavy atom. The predicted molar refractivity (Wildman–Crippen MR) is 77.0 cm³/mol. The monoisotopic (exact) mass is 266 g/mol. The highest BCUT2D eigenvalue weighted by Gasteiger charge is 2.16. The van der Waals surface area contributed by atoms with Crippen molar-refractivity contribution in [3.05, 3.63) is 60.4 Å². The zero-order chi connectivity index (χ0) is 14.2. The van der Waals surface area contributed by atoms with Gasteiger partial charge in [-0.15, -0.1) is 6.42 Å². The van der Waals surface area contributed by atoms with Gasteiger partial charge in [0.1, 0.15) is 6.61 Å². The number of carbonyl (C=O) groups is 1. The second-order valence-corrected chi connectivity index (χ2v) is 4.04. The molecule has 4 nitrogen and oxygen atoms in total. The van der Waals surface area contributed by atoms with Gasteiger partial charge in [-0.25, -0.2) is 4.79 Å². The topological polar surface area (TPSA) is 42.4 Å². The Kier molecular flexibility index (Phi) is 4.74. The molecule has 2 rings (SSSR count). The van der Waals surface area contributed by atoms with E-state index < -0.39 is 6.09 Å². The zero-order valence-electron chi connectivity index (χ0n) is 10.9. The molecule has 100 valence electrons. The number of benzene rings is 1. The fourth-order valence-corrected chi connectivity index (χ4v) is 1.67. The highest BCUT2D eigenvalue weighted by molar-refractivity contribution is 5.87. The Hall–Kier alpha value is -2.80. The van der Waals surface area contributed by atoms with Crippen LogP contribution in [0.15, 0.2) is 54.9 Å². The standard InChI is InChI=1S/C16H14N2O2/c1-2-12-18(15-8-10-17-11-9-15)16(19)20-13-14-6-4-3-5-7-14/h1,3-11H,12-13H2. The largest absolute Gasteiger partial charge is 0.444 e. The van der Waals surface area contributed by atoms with Crippen LogP contribution >= 0.6 is 0 Å². The van der Waals surface area contributed by atoms with E-state index in [1.165, 1.54) is 4.90 Å². The minimum absolute atomic E-state index is 0.150. The van der Waals surface area contributed by atoms with Crippen molar-refractivity contribution < 1.29 is 9.53 Å². The summed E-state index contributed by atoms with van der Waals surface area (Å²) in [4.78, 5) is 17.4. The van der Waals surface area contributed by atoms with Gasteiger partial charge >= 0.3 is 6.09 Å². The van der Waals surface area contributed by atoms with Gasteiger partial charge in [0.15, 0.2) is 0 Å². The van der Waals surface area contributed by atoms with E-state index in [0.717, 1.165) is 5.56 Å². The van der Waals surface area contributed by atoms with Gasteiger partial charge in [0.25, 0.3) is 0 Å². The van der Waals surface area contributed by atoms with Gasteiger partial charge in [-0.05, 0) is 17.7 Å². The maximum Gasteiger partial charge on any atom is 0.415 e. The van der Waals surface area contributed by atoms with Crippen LogP contribution in [-0.2, 0) is 11.3 Å². The lowest BCUT2D eigenvalue weighted by Crippen LogP contribution is -2.31. The molecule has 1 heterocycles. The molecule has 0 atom stereocenters. The van der Waals surface area contributed by atoms with Gasteiger partial charge in [0, 0.05) is 12.4 Å². The van der Waals surface area contributed by atoms with Crippen LogP contribution in [0.3, 0.4) is 0 Å². The number of ether oxygens (including phenoxy) is 1. The number of hydrogen-bond acceptors (Lipinski definition) is 3. The van der Waals surface area contributed by atoms with Gasteiger partial charge in [0.2, 0.25) is 0 Å². The number of terminal acetylenes is 1. The van der Waals surface area contributed by atoms with Gasteiger partial charge in [0.05, 0.1) is 12.2 Å². The maximum atomic E-state index is 12.1. The molecule has 0 saturated carbocycles. The van der Waals surface area contributed by atoms with Gasteiger partial charge < -0.3 is 4.74 Å². The van der Waals surface area contributed by atoms with E-state index >= 15 is 0 Å². The molecule has 1 aromatic carbocycles. The quantitative estimate of drug-likeness (QED) is 0.799. The summed E-state index contributed by atoms with van der Waals surface area (Å²) in [7, 11) is 0. The van der Waals surface area contributed by atoms with Crippen LogP contribution in [0.5, 0.6) is 0 Å². The molecule has 0 N–H and O–H groups in total. The Morgan fingerprint density at radius 1 is 1.20 bits per heavy atom. The van der Waals surface area contributed by atoms with E-state index in [9.17, 15) is 4.79 Å². The lowest BCUT2D eigenvalue weighted by Gasteiger charge is -2.19. The molecule has 0 aliphatic carbocycles. The molecule has 4 heteroatoms. The molecule has 0 fully saturated rings. The molecule has 0 radical (unpaired) electrons. The zero-order valence-corrected chi connectivity index (χ0v) is 10.9. The summed E-state index contributed by atoms with van der Waals surface area (Å²) in [6.07, 6.45) is 8.02. The minimum Gasteiger partial charge on any atom is -0.444 e. The third-order valence-corrected chi connectivity index (χ3v) is 2.65. The first kappa shape index (κ1) is 13.6. The lowest BCUT2D eigenvalue weighted by atomic mass is 10.2. The third-order valence-electron chi connectivity index (χ3n) is 2.65. The molecule has 0 saturated heterocycles. The Balaban J connectivity index is 2.03. The number of amides is 1. The van der Waals surface area contributed by atoms with Crippen LogP contribution in [0, 0.1) is 12.3 Å². The fourth-order valence-electron chi connectivity index (χ4n) is 1.67. The van der Waals surface area contributed by atoms with E-state index in [2.05, 4.69) is 10.9 Å². The molecule has 0 bridgehead atoms. The molecule has 0 aliphatic heterocycles. The molecule has 20 heavy (non-hydrogen) atoms. The van der Waals surface area contributed by atoms with Crippen LogP contribution < -0.4 is 4.90 Å². The SMILES string of the molecule is C#CCN(C(=O)OCc1ccccc1)c1ccncc1. The number of aromatic nitrogens is 1. The molecule has 0 aliphatic rings. The van der Waals surface area contributed by atoms with Gasteiger partial charge in [-0.1, -0.05) is 36.3 Å². The summed E-state index contributed by atoms with van der Waals surface area (Å²) in [5.41, 5.74) is 1.59. The molecular weight excluding hydrogens is 252 g/mol. The van der Waals surface area contributed by atoms with Crippen molar-refractivity contribution in [1.82, 2.24) is 4.98 Å². The average Bonchev–Trinajstić information content (AvgIpc) is 2.52. The van der Waals surface area contributed by atoms with Crippen molar-refractivity contribution in [2.45, 2.75) is 6.61 Å². The van der Waals surface area contributed by atoms with Crippen LogP contribution in [0.4, 0.5) is 10.5 Å². The van der Waals surface area contributed by atoms with Crippen molar-refractivity contribution >= 4 is 11.8 Å². The number of anilines is 1. The summed E-state index contributed by atoms with van der Waals surface area (Å²) in [5, 5.41) is 0. The molecule has 2 aromatic rings. The summed E-state index contributed by atoms with van der Waals surface area (Å²) in [5.74, 6) is 2.45. The van der Waals surface area contributed by atoms with Crippen LogP contribution in [-0.4, -0.2) is 17.6 Å². The molecule has 0 unspecified atom stereocenters. The summed E-state index contributed by atoms with van der Waals surface area (Å²) < 4.78 is 5.27. The lowest BCUT2D eigenvalue weighted by molar-refractivity contribution is 0.148.